The number of fused-ring (bicyclic) bond motifs is 1. The highest BCUT2D eigenvalue weighted by molar-refractivity contribution is 5.92. The van der Waals surface area contributed by atoms with Crippen molar-refractivity contribution in [3.8, 4) is 23.0 Å². The molecule has 1 heterocycles. The second kappa shape index (κ2) is 8.56. The van der Waals surface area contributed by atoms with E-state index in [1.807, 2.05) is 48.5 Å². The number of carbonyl (C=O) groups excluding carboxylic acids is 1. The van der Waals surface area contributed by atoms with E-state index in [2.05, 4.69) is 0 Å². The van der Waals surface area contributed by atoms with Gasteiger partial charge in [-0.2, -0.15) is 0 Å². The van der Waals surface area contributed by atoms with E-state index >= 15 is 0 Å². The van der Waals surface area contributed by atoms with Crippen LogP contribution in [0, 0.1) is 0 Å². The van der Waals surface area contributed by atoms with Crippen molar-refractivity contribution >= 4 is 5.97 Å². The van der Waals surface area contributed by atoms with Crippen LogP contribution in [0.15, 0.2) is 66.7 Å². The smallest absolute Gasteiger partial charge is 0.341 e. The third-order valence-electron chi connectivity index (χ3n) is 4.44. The number of ether oxygens (including phenoxy) is 5. The van der Waals surface area contributed by atoms with E-state index in [-0.39, 0.29) is 6.79 Å². The Hall–Kier alpha value is -3.67. The van der Waals surface area contributed by atoms with Crippen molar-refractivity contribution in [2.24, 2.45) is 0 Å². The molecule has 0 saturated heterocycles. The van der Waals surface area contributed by atoms with Crippen LogP contribution in [-0.2, 0) is 18.0 Å². The zero-order valence-electron chi connectivity index (χ0n) is 15.9. The SMILES string of the molecule is COC(=O)c1ccc(OCc2ccc3c(c2)OCO3)cc1OCc1ccccc1. The fourth-order valence-corrected chi connectivity index (χ4v) is 2.92. The third-order valence-corrected chi connectivity index (χ3v) is 4.44. The topological polar surface area (TPSA) is 63.2 Å². The van der Waals surface area contributed by atoms with Gasteiger partial charge in [0.25, 0.3) is 0 Å². The van der Waals surface area contributed by atoms with Gasteiger partial charge in [-0.3, -0.25) is 0 Å². The van der Waals surface area contributed by atoms with Gasteiger partial charge >= 0.3 is 5.97 Å². The normalized spacial score (nSPS) is 11.8. The first kappa shape index (κ1) is 18.7. The van der Waals surface area contributed by atoms with Gasteiger partial charge in [-0.1, -0.05) is 36.4 Å². The summed E-state index contributed by atoms with van der Waals surface area (Å²) in [4.78, 5) is 12.1. The largest absolute Gasteiger partial charge is 0.489 e. The van der Waals surface area contributed by atoms with E-state index in [9.17, 15) is 4.79 Å². The molecule has 29 heavy (non-hydrogen) atoms. The van der Waals surface area contributed by atoms with Crippen LogP contribution < -0.4 is 18.9 Å². The molecule has 0 fully saturated rings. The summed E-state index contributed by atoms with van der Waals surface area (Å²) in [6.07, 6.45) is 0. The maximum atomic E-state index is 12.1. The van der Waals surface area contributed by atoms with Crippen molar-refractivity contribution in [1.82, 2.24) is 0 Å². The van der Waals surface area contributed by atoms with Crippen molar-refractivity contribution in [2.45, 2.75) is 13.2 Å². The monoisotopic (exact) mass is 392 g/mol. The van der Waals surface area contributed by atoms with Crippen LogP contribution >= 0.6 is 0 Å². The fourth-order valence-electron chi connectivity index (χ4n) is 2.92. The molecule has 0 amide bonds. The first-order valence-electron chi connectivity index (χ1n) is 9.13. The highest BCUT2D eigenvalue weighted by Gasteiger charge is 2.16. The molecule has 1 aliphatic heterocycles. The zero-order valence-corrected chi connectivity index (χ0v) is 15.9. The third kappa shape index (κ3) is 4.43. The van der Waals surface area contributed by atoms with E-state index in [0.717, 1.165) is 16.9 Å². The van der Waals surface area contributed by atoms with E-state index in [4.69, 9.17) is 23.7 Å². The molecule has 0 N–H and O–H groups in total. The molecule has 0 unspecified atom stereocenters. The summed E-state index contributed by atoms with van der Waals surface area (Å²) < 4.78 is 27.3. The number of hydrogen-bond acceptors (Lipinski definition) is 6. The minimum atomic E-state index is -0.463. The minimum Gasteiger partial charge on any atom is -0.489 e. The average Bonchev–Trinajstić information content (AvgIpc) is 3.24. The lowest BCUT2D eigenvalue weighted by molar-refractivity contribution is 0.0595. The number of methoxy groups -OCH3 is 1. The Morgan fingerprint density at radius 3 is 2.48 bits per heavy atom. The van der Waals surface area contributed by atoms with Gasteiger partial charge in [-0.25, -0.2) is 4.79 Å². The molecule has 148 valence electrons. The number of benzene rings is 3. The molecule has 0 atom stereocenters. The Labute approximate surface area is 168 Å². The molecule has 6 heteroatoms. The van der Waals surface area contributed by atoms with Crippen LogP contribution in [0.1, 0.15) is 21.5 Å². The maximum absolute atomic E-state index is 12.1. The molecule has 3 aromatic carbocycles. The van der Waals surface area contributed by atoms with E-state index < -0.39 is 5.97 Å². The van der Waals surface area contributed by atoms with Crippen molar-refractivity contribution < 1.29 is 28.5 Å². The highest BCUT2D eigenvalue weighted by Crippen LogP contribution is 2.33. The van der Waals surface area contributed by atoms with Crippen LogP contribution in [0.4, 0.5) is 0 Å². The summed E-state index contributed by atoms with van der Waals surface area (Å²) in [5.41, 5.74) is 2.28. The highest BCUT2D eigenvalue weighted by atomic mass is 16.7. The minimum absolute atomic E-state index is 0.233. The molecule has 4 rings (SSSR count). The molecule has 0 aromatic heterocycles. The van der Waals surface area contributed by atoms with Crippen molar-refractivity contribution in [2.75, 3.05) is 13.9 Å². The van der Waals surface area contributed by atoms with Crippen LogP contribution in [0.3, 0.4) is 0 Å². The van der Waals surface area contributed by atoms with Crippen molar-refractivity contribution in [1.29, 1.82) is 0 Å². The molecule has 3 aromatic rings. The molecule has 0 aliphatic carbocycles. The molecule has 0 saturated carbocycles. The summed E-state index contributed by atoms with van der Waals surface area (Å²) in [6.45, 7) is 0.902. The summed E-state index contributed by atoms with van der Waals surface area (Å²) in [7, 11) is 1.34. The Balaban J connectivity index is 1.49. The van der Waals surface area contributed by atoms with Gasteiger partial charge in [0.15, 0.2) is 11.5 Å². The van der Waals surface area contributed by atoms with Gasteiger partial charge in [0.1, 0.15) is 30.3 Å². The van der Waals surface area contributed by atoms with E-state index in [0.29, 0.717) is 36.0 Å². The molecule has 0 bridgehead atoms. The predicted molar refractivity (Wildman–Crippen MR) is 105 cm³/mol. The maximum Gasteiger partial charge on any atom is 0.341 e. The summed E-state index contributed by atoms with van der Waals surface area (Å²) in [5, 5.41) is 0. The molecule has 6 nitrogen and oxygen atoms in total. The summed E-state index contributed by atoms with van der Waals surface area (Å²) >= 11 is 0. The first-order chi connectivity index (χ1) is 14.2. The lowest BCUT2D eigenvalue weighted by atomic mass is 10.2. The van der Waals surface area contributed by atoms with Crippen LogP contribution in [0.5, 0.6) is 23.0 Å². The summed E-state index contributed by atoms with van der Waals surface area (Å²) in [6, 6.07) is 20.4. The average molecular weight is 392 g/mol. The lowest BCUT2D eigenvalue weighted by Gasteiger charge is -2.13. The first-order valence-corrected chi connectivity index (χ1v) is 9.13. The molecular weight excluding hydrogens is 372 g/mol. The molecule has 0 radical (unpaired) electrons. The molecular formula is C23H20O6. The van der Waals surface area contributed by atoms with Crippen molar-refractivity contribution in [3.05, 3.63) is 83.4 Å². The summed E-state index contributed by atoms with van der Waals surface area (Å²) in [5.74, 6) is 1.96. The zero-order chi connectivity index (χ0) is 20.1. The van der Waals surface area contributed by atoms with Crippen LogP contribution in [0.2, 0.25) is 0 Å². The van der Waals surface area contributed by atoms with Crippen molar-refractivity contribution in [3.63, 3.8) is 0 Å². The Kier molecular flexibility index (Phi) is 5.52. The van der Waals surface area contributed by atoms with Crippen LogP contribution in [-0.4, -0.2) is 19.9 Å². The Bertz CT molecular complexity index is 1000. The van der Waals surface area contributed by atoms with Gasteiger partial charge in [-0.15, -0.1) is 0 Å². The van der Waals surface area contributed by atoms with Gasteiger partial charge in [0, 0.05) is 6.07 Å². The van der Waals surface area contributed by atoms with E-state index in [1.165, 1.54) is 7.11 Å². The Morgan fingerprint density at radius 1 is 0.862 bits per heavy atom. The molecule has 1 aliphatic rings. The number of rotatable bonds is 7. The number of hydrogen-bond donors (Lipinski definition) is 0. The second-order valence-corrected chi connectivity index (χ2v) is 6.40. The fraction of sp³-hybridized carbons (Fsp3) is 0.174. The number of carbonyl (C=O) groups is 1. The van der Waals surface area contributed by atoms with Gasteiger partial charge in [0.2, 0.25) is 6.79 Å². The molecule has 0 spiro atoms. The van der Waals surface area contributed by atoms with Crippen LogP contribution in [0.25, 0.3) is 0 Å². The van der Waals surface area contributed by atoms with Gasteiger partial charge in [-0.05, 0) is 35.4 Å². The predicted octanol–water partition coefficient (Wildman–Crippen LogP) is 4.36. The van der Waals surface area contributed by atoms with E-state index in [1.54, 1.807) is 18.2 Å². The van der Waals surface area contributed by atoms with Gasteiger partial charge in [0.05, 0.1) is 7.11 Å². The quantitative estimate of drug-likeness (QED) is 0.557. The number of esters is 1. The van der Waals surface area contributed by atoms with Gasteiger partial charge < -0.3 is 23.7 Å². The second-order valence-electron chi connectivity index (χ2n) is 6.40. The lowest BCUT2D eigenvalue weighted by Crippen LogP contribution is -2.06. The Morgan fingerprint density at radius 2 is 1.66 bits per heavy atom. The standard InChI is InChI=1S/C23H20O6/c1-25-23(24)19-9-8-18(12-21(19)27-13-16-5-3-2-4-6-16)26-14-17-7-10-20-22(11-17)29-15-28-20/h2-12H,13-15H2,1H3.